The highest BCUT2D eigenvalue weighted by Crippen LogP contribution is 2.37. The van der Waals surface area contributed by atoms with Gasteiger partial charge in [0.2, 0.25) is 0 Å². The number of hydrogen-bond donors (Lipinski definition) is 0. The molecule has 11 heteroatoms. The Labute approximate surface area is 151 Å². The third-order valence-corrected chi connectivity index (χ3v) is 5.11. The molecule has 0 radical (unpaired) electrons. The number of rotatable bonds is 4. The minimum atomic E-state index is -4.52. The van der Waals surface area contributed by atoms with Crippen molar-refractivity contribution in [2.24, 2.45) is 7.05 Å². The lowest BCUT2D eigenvalue weighted by Gasteiger charge is -2.56. The van der Waals surface area contributed by atoms with Gasteiger partial charge in [-0.15, -0.1) is 0 Å². The number of halogens is 5. The van der Waals surface area contributed by atoms with Crippen LogP contribution in [0, 0.1) is 0 Å². The highest BCUT2D eigenvalue weighted by molar-refractivity contribution is 5.42. The first-order valence-corrected chi connectivity index (χ1v) is 8.43. The number of anilines is 1. The molecule has 6 nitrogen and oxygen atoms in total. The Morgan fingerprint density at radius 3 is 2.52 bits per heavy atom. The second kappa shape index (κ2) is 6.39. The number of aromatic nitrogens is 4. The zero-order valence-electron chi connectivity index (χ0n) is 14.4. The molecule has 2 atom stereocenters. The van der Waals surface area contributed by atoms with Gasteiger partial charge in [0.25, 0.3) is 6.43 Å². The quantitative estimate of drug-likeness (QED) is 0.754. The molecule has 0 spiro atoms. The molecule has 2 aromatic rings. The van der Waals surface area contributed by atoms with Crippen molar-refractivity contribution >= 4 is 5.82 Å². The molecule has 3 saturated heterocycles. The normalized spacial score (nSPS) is 23.0. The fraction of sp³-hybridized carbons (Fsp3) is 0.562. The van der Waals surface area contributed by atoms with Crippen molar-refractivity contribution in [3.05, 3.63) is 35.5 Å². The maximum Gasteiger partial charge on any atom is 0.433 e. The van der Waals surface area contributed by atoms with Crippen molar-refractivity contribution in [1.82, 2.24) is 24.6 Å². The summed E-state index contributed by atoms with van der Waals surface area (Å²) in [6.45, 7) is 1.35. The van der Waals surface area contributed by atoms with Crippen molar-refractivity contribution in [2.45, 2.75) is 37.7 Å². The lowest BCUT2D eigenvalue weighted by molar-refractivity contribution is -0.141. The average Bonchev–Trinajstić information content (AvgIpc) is 3.00. The minimum Gasteiger partial charge on any atom is -0.353 e. The number of aryl methyl sites for hydroxylation is 1. The van der Waals surface area contributed by atoms with E-state index in [2.05, 4.69) is 20.0 Å². The molecule has 5 heterocycles. The molecule has 0 N–H and O–H groups in total. The lowest BCUT2D eigenvalue weighted by Crippen LogP contribution is -2.68. The van der Waals surface area contributed by atoms with Crippen LogP contribution in [0.15, 0.2) is 18.6 Å². The smallest absolute Gasteiger partial charge is 0.353 e. The van der Waals surface area contributed by atoms with Gasteiger partial charge in [-0.1, -0.05) is 0 Å². The lowest BCUT2D eigenvalue weighted by atomic mass is 9.86. The Kier molecular flexibility index (Phi) is 4.28. The third-order valence-electron chi connectivity index (χ3n) is 5.11. The van der Waals surface area contributed by atoms with E-state index in [0.29, 0.717) is 25.2 Å². The molecule has 0 saturated carbocycles. The summed E-state index contributed by atoms with van der Waals surface area (Å²) in [6, 6.07) is 1.11. The van der Waals surface area contributed by atoms with Gasteiger partial charge in [-0.3, -0.25) is 9.58 Å². The van der Waals surface area contributed by atoms with Crippen LogP contribution in [-0.4, -0.2) is 49.8 Å². The molecule has 0 aliphatic carbocycles. The molecule has 27 heavy (non-hydrogen) atoms. The van der Waals surface area contributed by atoms with Crippen LogP contribution in [0.4, 0.5) is 27.8 Å². The van der Waals surface area contributed by atoms with Crippen LogP contribution in [0.5, 0.6) is 0 Å². The van der Waals surface area contributed by atoms with E-state index in [1.807, 2.05) is 0 Å². The first-order valence-electron chi connectivity index (χ1n) is 8.43. The second-order valence-electron chi connectivity index (χ2n) is 6.89. The molecule has 3 aliphatic rings. The predicted octanol–water partition coefficient (Wildman–Crippen LogP) is 2.63. The van der Waals surface area contributed by atoms with Gasteiger partial charge in [-0.2, -0.15) is 18.3 Å². The second-order valence-corrected chi connectivity index (χ2v) is 6.89. The summed E-state index contributed by atoms with van der Waals surface area (Å²) in [4.78, 5) is 11.1. The fourth-order valence-corrected chi connectivity index (χ4v) is 3.86. The summed E-state index contributed by atoms with van der Waals surface area (Å²) in [7, 11) is 1.60. The van der Waals surface area contributed by atoms with E-state index in [1.54, 1.807) is 18.1 Å². The third kappa shape index (κ3) is 3.35. The van der Waals surface area contributed by atoms with Crippen molar-refractivity contribution < 1.29 is 22.0 Å². The first-order chi connectivity index (χ1) is 12.7. The Bertz CT molecular complexity index is 823. The van der Waals surface area contributed by atoms with Crippen molar-refractivity contribution in [3.63, 3.8) is 0 Å². The van der Waals surface area contributed by atoms with Crippen LogP contribution < -0.4 is 4.90 Å². The molecule has 2 bridgehead atoms. The van der Waals surface area contributed by atoms with Gasteiger partial charge in [0.15, 0.2) is 0 Å². The van der Waals surface area contributed by atoms with E-state index in [1.165, 1.54) is 4.68 Å². The van der Waals surface area contributed by atoms with E-state index in [9.17, 15) is 22.0 Å². The van der Waals surface area contributed by atoms with Crippen LogP contribution in [-0.2, 0) is 19.8 Å². The number of piperazine rings is 1. The van der Waals surface area contributed by atoms with Gasteiger partial charge in [-0.25, -0.2) is 18.7 Å². The molecule has 0 aromatic carbocycles. The van der Waals surface area contributed by atoms with Crippen LogP contribution in [0.3, 0.4) is 0 Å². The minimum absolute atomic E-state index is 0.0822. The summed E-state index contributed by atoms with van der Waals surface area (Å²) in [6.07, 6.45) is -3.76. The van der Waals surface area contributed by atoms with Gasteiger partial charge in [-0.05, 0) is 6.42 Å². The number of nitrogens with zero attached hydrogens (tertiary/aromatic N) is 6. The zero-order chi connectivity index (χ0) is 19.3. The summed E-state index contributed by atoms with van der Waals surface area (Å²) < 4.78 is 66.1. The average molecular weight is 388 g/mol. The van der Waals surface area contributed by atoms with Crippen molar-refractivity contribution in [2.75, 3.05) is 18.0 Å². The summed E-state index contributed by atoms with van der Waals surface area (Å²) in [5, 5.41) is 3.82. The number of hydrogen-bond acceptors (Lipinski definition) is 5. The fourth-order valence-electron chi connectivity index (χ4n) is 3.86. The molecule has 3 fully saturated rings. The number of alkyl halides is 5. The summed E-state index contributed by atoms with van der Waals surface area (Å²) >= 11 is 0. The Morgan fingerprint density at radius 1 is 1.19 bits per heavy atom. The van der Waals surface area contributed by atoms with Crippen LogP contribution in [0.2, 0.25) is 0 Å². The van der Waals surface area contributed by atoms with Crippen molar-refractivity contribution in [3.8, 4) is 0 Å². The van der Waals surface area contributed by atoms with Gasteiger partial charge in [0.05, 0.1) is 0 Å². The molecule has 2 aromatic heterocycles. The van der Waals surface area contributed by atoms with Crippen molar-refractivity contribution in [1.29, 1.82) is 0 Å². The topological polar surface area (TPSA) is 50.1 Å². The van der Waals surface area contributed by atoms with E-state index in [-0.39, 0.29) is 23.6 Å². The summed E-state index contributed by atoms with van der Waals surface area (Å²) in [5.41, 5.74) is -0.706. The van der Waals surface area contributed by atoms with Crippen LogP contribution >= 0.6 is 0 Å². The Balaban J connectivity index is 1.46. The highest BCUT2D eigenvalue weighted by atomic mass is 19.4. The van der Waals surface area contributed by atoms with Gasteiger partial charge >= 0.3 is 6.18 Å². The monoisotopic (exact) mass is 388 g/mol. The van der Waals surface area contributed by atoms with E-state index >= 15 is 0 Å². The number of piperidine rings is 1. The first kappa shape index (κ1) is 18.1. The molecular formula is C16H17F5N6. The van der Waals surface area contributed by atoms with Crippen LogP contribution in [0.25, 0.3) is 0 Å². The number of fused-ring (bicyclic) bond motifs is 2. The van der Waals surface area contributed by atoms with Gasteiger partial charge in [0, 0.05) is 56.6 Å². The largest absolute Gasteiger partial charge is 0.433 e. The Hall–Kier alpha value is -2.30. The summed E-state index contributed by atoms with van der Waals surface area (Å²) in [5.74, 6) is 0.237. The van der Waals surface area contributed by atoms with E-state index in [4.69, 9.17) is 0 Å². The maximum atomic E-state index is 13.1. The standard InChI is InChI=1S/C16H17F5N6/c1-25-4-9(14(24-25)15(17)18)5-27-10-2-11(27)7-26(6-10)13-3-12(16(19,20)21)22-8-23-13/h3-4,8,10-11,15H,2,5-7H2,1H3. The zero-order valence-corrected chi connectivity index (χ0v) is 14.4. The highest BCUT2D eigenvalue weighted by Gasteiger charge is 2.45. The Morgan fingerprint density at radius 2 is 1.89 bits per heavy atom. The SMILES string of the molecule is Cn1cc(CN2C3CC2CN(c2cc(C(F)(F)F)ncn2)C3)c(C(F)F)n1. The van der Waals surface area contributed by atoms with Crippen LogP contribution in [0.1, 0.15) is 29.8 Å². The molecular weight excluding hydrogens is 371 g/mol. The molecule has 0 amide bonds. The maximum absolute atomic E-state index is 13.1. The van der Waals surface area contributed by atoms with E-state index < -0.39 is 18.3 Å². The van der Waals surface area contributed by atoms with Gasteiger partial charge < -0.3 is 4.90 Å². The molecule has 2 unspecified atom stereocenters. The van der Waals surface area contributed by atoms with Gasteiger partial charge in [0.1, 0.15) is 23.5 Å². The predicted molar refractivity (Wildman–Crippen MR) is 85.1 cm³/mol. The molecule has 146 valence electrons. The molecule has 3 aliphatic heterocycles. The van der Waals surface area contributed by atoms with E-state index in [0.717, 1.165) is 18.8 Å². The molecule has 5 rings (SSSR count).